The molecular weight excluding hydrogens is 292 g/mol. The Balaban J connectivity index is 2.23. The smallest absolute Gasteiger partial charge is 0.142 e. The third-order valence-electron chi connectivity index (χ3n) is 2.50. The van der Waals surface area contributed by atoms with Crippen LogP contribution in [0.25, 0.3) is 0 Å². The van der Waals surface area contributed by atoms with Crippen molar-refractivity contribution in [3.8, 4) is 0 Å². The second-order valence-corrected chi connectivity index (χ2v) is 5.75. The van der Waals surface area contributed by atoms with Gasteiger partial charge >= 0.3 is 0 Å². The predicted molar refractivity (Wildman–Crippen MR) is 72.3 cm³/mol. The topological polar surface area (TPSA) is 43.1 Å². The van der Waals surface area contributed by atoms with Crippen molar-refractivity contribution in [3.05, 3.63) is 58.6 Å². The van der Waals surface area contributed by atoms with Gasteiger partial charge in [0.05, 0.1) is 32.2 Å². The molecule has 1 atom stereocenters. The molecule has 6 heteroatoms. The number of rotatable bonds is 3. The lowest BCUT2D eigenvalue weighted by Gasteiger charge is -2.06. The maximum Gasteiger partial charge on any atom is 0.142 e. The van der Waals surface area contributed by atoms with Crippen LogP contribution in [0.2, 0.25) is 5.02 Å². The predicted octanol–water partition coefficient (Wildman–Crippen LogP) is 3.51. The number of benzene rings is 2. The Hall–Kier alpha value is -1.46. The standard InChI is InChI=1S/C13H10ClF2NOS/c14-10-3-1-8(5-12(10)17)7-19(18)13-4-2-9(15)6-11(13)16/h1-6H,7,17H2. The molecule has 0 saturated heterocycles. The lowest BCUT2D eigenvalue weighted by molar-refractivity contribution is 0.562. The van der Waals surface area contributed by atoms with Crippen molar-refractivity contribution in [2.75, 3.05) is 5.73 Å². The number of hydrogen-bond donors (Lipinski definition) is 1. The molecule has 2 rings (SSSR count). The largest absolute Gasteiger partial charge is 0.398 e. The van der Waals surface area contributed by atoms with Crippen LogP contribution < -0.4 is 5.73 Å². The summed E-state index contributed by atoms with van der Waals surface area (Å²) in [5, 5.41) is 0.405. The van der Waals surface area contributed by atoms with E-state index in [1.807, 2.05) is 0 Å². The average molecular weight is 302 g/mol. The summed E-state index contributed by atoms with van der Waals surface area (Å²) in [7, 11) is -1.61. The van der Waals surface area contributed by atoms with Gasteiger partial charge in [-0.25, -0.2) is 8.78 Å². The number of halogens is 3. The minimum atomic E-state index is -1.61. The van der Waals surface area contributed by atoms with E-state index in [-0.39, 0.29) is 10.6 Å². The average Bonchev–Trinajstić information content (AvgIpc) is 2.33. The number of anilines is 1. The molecule has 0 fully saturated rings. The van der Waals surface area contributed by atoms with Crippen LogP contribution in [0.3, 0.4) is 0 Å². The molecule has 0 heterocycles. The van der Waals surface area contributed by atoms with Crippen LogP contribution >= 0.6 is 11.6 Å². The SMILES string of the molecule is Nc1cc(CS(=O)c2ccc(F)cc2F)ccc1Cl. The zero-order valence-corrected chi connectivity index (χ0v) is 11.3. The van der Waals surface area contributed by atoms with E-state index in [0.717, 1.165) is 6.07 Å². The van der Waals surface area contributed by atoms with Gasteiger partial charge in [-0.1, -0.05) is 17.7 Å². The second kappa shape index (κ2) is 5.67. The maximum atomic E-state index is 13.5. The summed E-state index contributed by atoms with van der Waals surface area (Å²) in [4.78, 5) is -0.0325. The molecule has 2 aromatic rings. The second-order valence-electron chi connectivity index (χ2n) is 3.92. The fraction of sp³-hybridized carbons (Fsp3) is 0.0769. The molecule has 2 aromatic carbocycles. The van der Waals surface area contributed by atoms with E-state index < -0.39 is 22.4 Å². The van der Waals surface area contributed by atoms with Gasteiger partial charge in [0.2, 0.25) is 0 Å². The molecule has 0 aromatic heterocycles. The van der Waals surface area contributed by atoms with E-state index >= 15 is 0 Å². The van der Waals surface area contributed by atoms with Gasteiger partial charge in [0.1, 0.15) is 11.6 Å². The highest BCUT2D eigenvalue weighted by atomic mass is 35.5. The van der Waals surface area contributed by atoms with E-state index in [4.69, 9.17) is 17.3 Å². The number of nitrogens with two attached hydrogens (primary N) is 1. The lowest BCUT2D eigenvalue weighted by Crippen LogP contribution is -2.00. The molecule has 2 nitrogen and oxygen atoms in total. The summed E-state index contributed by atoms with van der Waals surface area (Å²) < 4.78 is 38.3. The molecule has 0 amide bonds. The van der Waals surface area contributed by atoms with E-state index in [9.17, 15) is 13.0 Å². The minimum Gasteiger partial charge on any atom is -0.398 e. The van der Waals surface area contributed by atoms with Crippen molar-refractivity contribution in [2.45, 2.75) is 10.6 Å². The number of nitrogen functional groups attached to an aromatic ring is 1. The van der Waals surface area contributed by atoms with Crippen LogP contribution in [0.1, 0.15) is 5.56 Å². The zero-order chi connectivity index (χ0) is 14.0. The molecule has 100 valence electrons. The van der Waals surface area contributed by atoms with Gasteiger partial charge in [0.25, 0.3) is 0 Å². The summed E-state index contributed by atoms with van der Waals surface area (Å²) in [5.41, 5.74) is 6.67. The van der Waals surface area contributed by atoms with Crippen LogP contribution in [0.5, 0.6) is 0 Å². The molecule has 0 spiro atoms. The highest BCUT2D eigenvalue weighted by Crippen LogP contribution is 2.22. The summed E-state index contributed by atoms with van der Waals surface area (Å²) in [5.74, 6) is -1.43. The molecule has 0 saturated carbocycles. The first-order valence-electron chi connectivity index (χ1n) is 5.34. The first kappa shape index (κ1) is 14.0. The Morgan fingerprint density at radius 3 is 2.53 bits per heavy atom. The summed E-state index contributed by atoms with van der Waals surface area (Å²) in [6, 6.07) is 7.81. The van der Waals surface area contributed by atoms with E-state index in [0.29, 0.717) is 22.3 Å². The Morgan fingerprint density at radius 1 is 1.16 bits per heavy atom. The van der Waals surface area contributed by atoms with Crippen molar-refractivity contribution in [2.24, 2.45) is 0 Å². The normalized spacial score (nSPS) is 12.4. The summed E-state index contributed by atoms with van der Waals surface area (Å²) in [6.07, 6.45) is 0. The van der Waals surface area contributed by atoms with Crippen molar-refractivity contribution in [3.63, 3.8) is 0 Å². The van der Waals surface area contributed by atoms with Crippen molar-refractivity contribution in [1.82, 2.24) is 0 Å². The Morgan fingerprint density at radius 2 is 1.89 bits per heavy atom. The van der Waals surface area contributed by atoms with Crippen LogP contribution in [0, 0.1) is 11.6 Å². The first-order valence-corrected chi connectivity index (χ1v) is 7.04. The maximum absolute atomic E-state index is 13.5. The molecule has 0 radical (unpaired) electrons. The van der Waals surface area contributed by atoms with E-state index in [2.05, 4.69) is 0 Å². The summed E-state index contributed by atoms with van der Waals surface area (Å²) >= 11 is 5.77. The molecule has 0 aliphatic rings. The van der Waals surface area contributed by atoms with Crippen LogP contribution in [0.4, 0.5) is 14.5 Å². The van der Waals surface area contributed by atoms with Gasteiger partial charge in [-0.2, -0.15) is 0 Å². The van der Waals surface area contributed by atoms with Gasteiger partial charge in [0.15, 0.2) is 0 Å². The van der Waals surface area contributed by atoms with Gasteiger partial charge in [-0.3, -0.25) is 4.21 Å². The molecular formula is C13H10ClF2NOS. The van der Waals surface area contributed by atoms with Crippen molar-refractivity contribution >= 4 is 28.1 Å². The molecule has 2 N–H and O–H groups in total. The van der Waals surface area contributed by atoms with Crippen molar-refractivity contribution in [1.29, 1.82) is 0 Å². The third kappa shape index (κ3) is 3.30. The molecule has 19 heavy (non-hydrogen) atoms. The Kier molecular flexibility index (Phi) is 4.17. The Bertz CT molecular complexity index is 649. The Labute approximate surface area is 116 Å². The van der Waals surface area contributed by atoms with Crippen LogP contribution in [-0.4, -0.2) is 4.21 Å². The quantitative estimate of drug-likeness (QED) is 0.882. The minimum absolute atomic E-state index is 0.0325. The summed E-state index contributed by atoms with van der Waals surface area (Å²) in [6.45, 7) is 0. The molecule has 0 aliphatic carbocycles. The van der Waals surface area contributed by atoms with Gasteiger partial charge < -0.3 is 5.73 Å². The molecule has 0 bridgehead atoms. The highest BCUT2D eigenvalue weighted by Gasteiger charge is 2.12. The zero-order valence-electron chi connectivity index (χ0n) is 9.70. The monoisotopic (exact) mass is 301 g/mol. The number of hydrogen-bond acceptors (Lipinski definition) is 2. The fourth-order valence-electron chi connectivity index (χ4n) is 1.57. The van der Waals surface area contributed by atoms with Crippen molar-refractivity contribution < 1.29 is 13.0 Å². The first-order chi connectivity index (χ1) is 8.97. The van der Waals surface area contributed by atoms with Gasteiger partial charge in [-0.15, -0.1) is 0 Å². The fourth-order valence-corrected chi connectivity index (χ4v) is 2.82. The van der Waals surface area contributed by atoms with Gasteiger partial charge in [-0.05, 0) is 29.8 Å². The highest BCUT2D eigenvalue weighted by molar-refractivity contribution is 7.84. The molecule has 1 unspecified atom stereocenters. The lowest BCUT2D eigenvalue weighted by atomic mass is 10.2. The molecule has 0 aliphatic heterocycles. The van der Waals surface area contributed by atoms with Crippen LogP contribution in [0.15, 0.2) is 41.3 Å². The third-order valence-corrected chi connectivity index (χ3v) is 4.26. The van der Waals surface area contributed by atoms with E-state index in [1.54, 1.807) is 18.2 Å². The van der Waals surface area contributed by atoms with Gasteiger partial charge in [0, 0.05) is 6.07 Å². The van der Waals surface area contributed by atoms with Crippen LogP contribution in [-0.2, 0) is 16.6 Å². The van der Waals surface area contributed by atoms with E-state index in [1.165, 1.54) is 6.07 Å².